The average Bonchev–Trinajstić information content (AvgIpc) is 2.67. The molecule has 1 amide bonds. The third-order valence-corrected chi connectivity index (χ3v) is 3.72. The summed E-state index contributed by atoms with van der Waals surface area (Å²) in [5.74, 6) is 0.628. The van der Waals surface area contributed by atoms with Crippen molar-refractivity contribution in [2.24, 2.45) is 5.92 Å². The number of hydrogen-bond donors (Lipinski definition) is 1. The van der Waals surface area contributed by atoms with E-state index in [1.807, 2.05) is 32.1 Å². The first kappa shape index (κ1) is 22.5. The number of ether oxygens (including phenoxy) is 1. The molecule has 5 nitrogen and oxygen atoms in total. The summed E-state index contributed by atoms with van der Waals surface area (Å²) in [6, 6.07) is 1.74. The summed E-state index contributed by atoms with van der Waals surface area (Å²) >= 11 is 0. The van der Waals surface area contributed by atoms with Crippen LogP contribution in [0.25, 0.3) is 5.57 Å². The van der Waals surface area contributed by atoms with Crippen LogP contribution in [0.5, 0.6) is 0 Å². The number of aromatic nitrogens is 2. The first-order chi connectivity index (χ1) is 13.1. The lowest BCUT2D eigenvalue weighted by Crippen LogP contribution is -2.30. The summed E-state index contributed by atoms with van der Waals surface area (Å²) in [4.78, 5) is 20.9. The van der Waals surface area contributed by atoms with Crippen LogP contribution >= 0.6 is 0 Å². The van der Waals surface area contributed by atoms with Gasteiger partial charge in [-0.3, -0.25) is 4.79 Å². The van der Waals surface area contributed by atoms with Crippen molar-refractivity contribution in [3.8, 4) is 0 Å². The van der Waals surface area contributed by atoms with Gasteiger partial charge in [0.15, 0.2) is 5.82 Å². The van der Waals surface area contributed by atoms with Gasteiger partial charge in [0, 0.05) is 30.6 Å². The lowest BCUT2D eigenvalue weighted by molar-refractivity contribution is -0.116. The van der Waals surface area contributed by atoms with Crippen molar-refractivity contribution >= 4 is 11.5 Å². The Balaban J connectivity index is 2.73. The van der Waals surface area contributed by atoms with Gasteiger partial charge in [-0.05, 0) is 32.3 Å². The van der Waals surface area contributed by atoms with Gasteiger partial charge in [-0.2, -0.15) is 0 Å². The van der Waals surface area contributed by atoms with E-state index < -0.39 is 0 Å². The summed E-state index contributed by atoms with van der Waals surface area (Å²) in [6.45, 7) is 11.7. The van der Waals surface area contributed by atoms with E-state index in [1.165, 1.54) is 6.08 Å². The number of hydrogen-bond acceptors (Lipinski definition) is 4. The van der Waals surface area contributed by atoms with Crippen LogP contribution in [0.2, 0.25) is 0 Å². The lowest BCUT2D eigenvalue weighted by atomic mass is 10.0. The van der Waals surface area contributed by atoms with Crippen LogP contribution < -0.4 is 5.32 Å². The Morgan fingerprint density at radius 1 is 1.33 bits per heavy atom. The summed E-state index contributed by atoms with van der Waals surface area (Å²) in [5, 5.41) is 2.97. The zero-order valence-corrected chi connectivity index (χ0v) is 16.6. The molecule has 1 heterocycles. The van der Waals surface area contributed by atoms with E-state index in [2.05, 4.69) is 28.8 Å². The fourth-order valence-corrected chi connectivity index (χ4v) is 2.36. The molecule has 1 aromatic heterocycles. The van der Waals surface area contributed by atoms with E-state index in [9.17, 15) is 4.79 Å². The first-order valence-corrected chi connectivity index (χ1v) is 9.36. The van der Waals surface area contributed by atoms with Gasteiger partial charge in [-0.15, -0.1) is 0 Å². The molecule has 0 fully saturated rings. The van der Waals surface area contributed by atoms with Crippen LogP contribution in [0.3, 0.4) is 0 Å². The number of allylic oxidation sites excluding steroid dienone is 5. The highest BCUT2D eigenvalue weighted by Gasteiger charge is 2.10. The number of rotatable bonds is 12. The third-order valence-electron chi connectivity index (χ3n) is 3.72. The van der Waals surface area contributed by atoms with E-state index in [4.69, 9.17) is 4.74 Å². The molecule has 0 aliphatic carbocycles. The molecular formula is C22H31N3O2. The standard InChI is InChI=1S/C22H31N3O2/c1-5-7-14-27-17-19(9-6-2)16-25-21(26)15-20(11-10-18(3)4)22-23-12-8-13-24-22/h5,7-8,10-13,15,19H,3,6,9,14,16-17H2,1-2,4H3,(H,25,26)/b7-5-,11-10-,20-15-/t19-/m1/s1. The van der Waals surface area contributed by atoms with Crippen LogP contribution in [0.15, 0.2) is 61.0 Å². The minimum atomic E-state index is -0.168. The Morgan fingerprint density at radius 3 is 2.70 bits per heavy atom. The molecule has 1 N–H and O–H groups in total. The highest BCUT2D eigenvalue weighted by atomic mass is 16.5. The molecule has 0 radical (unpaired) electrons. The van der Waals surface area contributed by atoms with Gasteiger partial charge < -0.3 is 10.1 Å². The zero-order valence-electron chi connectivity index (χ0n) is 16.6. The zero-order chi connectivity index (χ0) is 19.9. The number of carbonyl (C=O) groups is 1. The fraction of sp³-hybridized carbons (Fsp3) is 0.409. The molecule has 1 rings (SSSR count). The predicted octanol–water partition coefficient (Wildman–Crippen LogP) is 4.12. The number of nitrogens with one attached hydrogen (secondary N) is 1. The maximum absolute atomic E-state index is 12.4. The maximum Gasteiger partial charge on any atom is 0.244 e. The van der Waals surface area contributed by atoms with Gasteiger partial charge in [-0.25, -0.2) is 9.97 Å². The monoisotopic (exact) mass is 369 g/mol. The molecule has 1 aromatic rings. The van der Waals surface area contributed by atoms with E-state index in [-0.39, 0.29) is 5.91 Å². The normalized spacial score (nSPS) is 13.2. The molecule has 1 atom stereocenters. The minimum Gasteiger partial charge on any atom is -0.377 e. The van der Waals surface area contributed by atoms with Crippen molar-refractivity contribution in [1.82, 2.24) is 15.3 Å². The highest BCUT2D eigenvalue weighted by Crippen LogP contribution is 2.12. The van der Waals surface area contributed by atoms with Crippen molar-refractivity contribution in [3.63, 3.8) is 0 Å². The largest absolute Gasteiger partial charge is 0.377 e. The second kappa shape index (κ2) is 13.6. The second-order valence-electron chi connectivity index (χ2n) is 6.36. The quantitative estimate of drug-likeness (QED) is 0.261. The van der Waals surface area contributed by atoms with Crippen LogP contribution in [0.1, 0.15) is 39.4 Å². The smallest absolute Gasteiger partial charge is 0.244 e. The van der Waals surface area contributed by atoms with Gasteiger partial charge in [0.25, 0.3) is 0 Å². The van der Waals surface area contributed by atoms with Crippen LogP contribution in [-0.4, -0.2) is 35.6 Å². The molecule has 27 heavy (non-hydrogen) atoms. The van der Waals surface area contributed by atoms with Gasteiger partial charge in [0.2, 0.25) is 5.91 Å². The van der Waals surface area contributed by atoms with Gasteiger partial charge >= 0.3 is 0 Å². The van der Waals surface area contributed by atoms with Crippen molar-refractivity contribution < 1.29 is 9.53 Å². The Labute approximate surface area is 163 Å². The Morgan fingerprint density at radius 2 is 2.07 bits per heavy atom. The average molecular weight is 370 g/mol. The number of amides is 1. The molecule has 0 aliphatic rings. The van der Waals surface area contributed by atoms with Crippen molar-refractivity contribution in [2.45, 2.75) is 33.6 Å². The van der Waals surface area contributed by atoms with Gasteiger partial charge in [0.05, 0.1) is 13.2 Å². The molecule has 0 saturated carbocycles. The third kappa shape index (κ3) is 10.3. The van der Waals surface area contributed by atoms with Crippen LogP contribution in [0, 0.1) is 5.92 Å². The predicted molar refractivity (Wildman–Crippen MR) is 111 cm³/mol. The molecule has 5 heteroatoms. The molecule has 0 aliphatic heterocycles. The van der Waals surface area contributed by atoms with Crippen molar-refractivity contribution in [3.05, 3.63) is 66.8 Å². The molecule has 146 valence electrons. The highest BCUT2D eigenvalue weighted by molar-refractivity contribution is 5.96. The Kier molecular flexibility index (Phi) is 11.4. The summed E-state index contributed by atoms with van der Waals surface area (Å²) in [6.07, 6.45) is 14.5. The minimum absolute atomic E-state index is 0.168. The van der Waals surface area contributed by atoms with Crippen molar-refractivity contribution in [1.29, 1.82) is 0 Å². The van der Waals surface area contributed by atoms with E-state index in [0.717, 1.165) is 18.4 Å². The number of nitrogens with zero attached hydrogens (tertiary/aromatic N) is 2. The summed E-state index contributed by atoms with van der Waals surface area (Å²) in [7, 11) is 0. The topological polar surface area (TPSA) is 64.1 Å². The molecular weight excluding hydrogens is 338 g/mol. The molecule has 0 aromatic carbocycles. The molecule has 0 bridgehead atoms. The first-order valence-electron chi connectivity index (χ1n) is 9.36. The lowest BCUT2D eigenvalue weighted by Gasteiger charge is -2.16. The summed E-state index contributed by atoms with van der Waals surface area (Å²) < 4.78 is 5.64. The molecule has 0 unspecified atom stereocenters. The number of carbonyl (C=O) groups excluding carboxylic acids is 1. The van der Waals surface area contributed by atoms with E-state index >= 15 is 0 Å². The van der Waals surface area contributed by atoms with Crippen LogP contribution in [0.4, 0.5) is 0 Å². The molecule has 0 spiro atoms. The summed E-state index contributed by atoms with van der Waals surface area (Å²) in [5.41, 5.74) is 1.53. The SMILES string of the molecule is C=C(C)/C=C\C(=C\C(=O)NC[C@@H](CCC)COC/C=C\C)c1ncccn1. The second-order valence-corrected chi connectivity index (χ2v) is 6.36. The van der Waals surface area contributed by atoms with Crippen LogP contribution in [-0.2, 0) is 9.53 Å². The molecule has 0 saturated heterocycles. The Hall–Kier alpha value is -2.53. The van der Waals surface area contributed by atoms with E-state index in [0.29, 0.717) is 37.1 Å². The fourth-order valence-electron chi connectivity index (χ4n) is 2.36. The maximum atomic E-state index is 12.4. The van der Waals surface area contributed by atoms with Crippen molar-refractivity contribution in [2.75, 3.05) is 19.8 Å². The van der Waals surface area contributed by atoms with E-state index in [1.54, 1.807) is 24.5 Å². The van der Waals surface area contributed by atoms with Gasteiger partial charge in [0.1, 0.15) is 0 Å². The van der Waals surface area contributed by atoms with Gasteiger partial charge in [-0.1, -0.05) is 49.8 Å². The Bertz CT molecular complexity index is 663.